The van der Waals surface area contributed by atoms with E-state index in [1.54, 1.807) is 17.7 Å². The number of fused-ring (bicyclic) bond motifs is 2. The molecule has 0 saturated heterocycles. The first-order chi connectivity index (χ1) is 13.6. The quantitative estimate of drug-likeness (QED) is 0.655. The second-order valence-corrected chi connectivity index (χ2v) is 7.88. The Morgan fingerprint density at radius 1 is 1.18 bits per heavy atom. The van der Waals surface area contributed by atoms with Gasteiger partial charge >= 0.3 is 0 Å². The van der Waals surface area contributed by atoms with Crippen LogP contribution in [-0.2, 0) is 24.1 Å². The van der Waals surface area contributed by atoms with Crippen LogP contribution in [0.15, 0.2) is 35.3 Å². The van der Waals surface area contributed by atoms with Crippen LogP contribution < -0.4 is 4.80 Å². The van der Waals surface area contributed by atoms with E-state index in [0.717, 1.165) is 36.7 Å². The standard InChI is InChI=1S/C21H20F2N2O2S/c1-27-9-8-25-19-17(23)11-16(22)12-18(19)28-21(25)24-20(26)15-7-6-13-4-2-3-5-14(13)10-15/h6-7,10-12H,2-5,8-9H2,1H3. The summed E-state index contributed by atoms with van der Waals surface area (Å²) in [6, 6.07) is 7.80. The molecule has 0 spiro atoms. The fraction of sp³-hybridized carbons (Fsp3) is 0.333. The van der Waals surface area contributed by atoms with Crippen molar-refractivity contribution in [3.05, 3.63) is 63.5 Å². The summed E-state index contributed by atoms with van der Waals surface area (Å²) in [5.41, 5.74) is 3.24. The Morgan fingerprint density at radius 3 is 2.75 bits per heavy atom. The van der Waals surface area contributed by atoms with Gasteiger partial charge in [0.1, 0.15) is 5.82 Å². The van der Waals surface area contributed by atoms with E-state index < -0.39 is 11.6 Å². The van der Waals surface area contributed by atoms with Crippen molar-refractivity contribution in [1.82, 2.24) is 4.57 Å². The summed E-state index contributed by atoms with van der Waals surface area (Å²) < 4.78 is 35.1. The second-order valence-electron chi connectivity index (χ2n) is 6.87. The molecular formula is C21H20F2N2O2S. The highest BCUT2D eigenvalue weighted by atomic mass is 32.1. The van der Waals surface area contributed by atoms with Crippen LogP contribution >= 0.6 is 11.3 Å². The first kappa shape index (κ1) is 19.0. The number of thiazole rings is 1. The lowest BCUT2D eigenvalue weighted by atomic mass is 9.90. The molecular weight excluding hydrogens is 382 g/mol. The summed E-state index contributed by atoms with van der Waals surface area (Å²) in [5.74, 6) is -1.71. The number of nitrogens with zero attached hydrogens (tertiary/aromatic N) is 2. The molecule has 0 radical (unpaired) electrons. The molecule has 0 saturated carbocycles. The summed E-state index contributed by atoms with van der Waals surface area (Å²) in [6.07, 6.45) is 4.31. The number of methoxy groups -OCH3 is 1. The van der Waals surface area contributed by atoms with Crippen molar-refractivity contribution in [1.29, 1.82) is 0 Å². The lowest BCUT2D eigenvalue weighted by Crippen LogP contribution is -2.20. The highest BCUT2D eigenvalue weighted by molar-refractivity contribution is 7.16. The largest absolute Gasteiger partial charge is 0.383 e. The molecule has 0 bridgehead atoms. The monoisotopic (exact) mass is 402 g/mol. The van der Waals surface area contributed by atoms with Crippen molar-refractivity contribution < 1.29 is 18.3 Å². The maximum atomic E-state index is 14.4. The molecule has 1 heterocycles. The van der Waals surface area contributed by atoms with Crippen molar-refractivity contribution >= 4 is 27.5 Å². The molecule has 0 aliphatic heterocycles. The zero-order chi connectivity index (χ0) is 19.7. The van der Waals surface area contributed by atoms with E-state index in [-0.39, 0.29) is 11.4 Å². The summed E-state index contributed by atoms with van der Waals surface area (Å²) in [5, 5.41) is 0. The van der Waals surface area contributed by atoms with Gasteiger partial charge in [0.05, 0.1) is 16.8 Å². The third-order valence-corrected chi connectivity index (χ3v) is 6.03. The number of aryl methyl sites for hydroxylation is 2. The first-order valence-electron chi connectivity index (χ1n) is 9.25. The number of amides is 1. The van der Waals surface area contributed by atoms with E-state index in [4.69, 9.17) is 4.74 Å². The third kappa shape index (κ3) is 3.64. The molecule has 0 fully saturated rings. The Morgan fingerprint density at radius 2 is 1.96 bits per heavy atom. The van der Waals surface area contributed by atoms with Crippen LogP contribution in [0.3, 0.4) is 0 Å². The lowest BCUT2D eigenvalue weighted by Gasteiger charge is -2.15. The Labute approximate surface area is 165 Å². The Kier molecular flexibility index (Phi) is 5.37. The average molecular weight is 402 g/mol. The number of benzene rings is 2. The number of halogens is 2. The van der Waals surface area contributed by atoms with Gasteiger partial charge in [-0.2, -0.15) is 4.99 Å². The van der Waals surface area contributed by atoms with Gasteiger partial charge in [-0.15, -0.1) is 0 Å². The predicted octanol–water partition coefficient (Wildman–Crippen LogP) is 4.25. The molecule has 146 valence electrons. The molecule has 0 N–H and O–H groups in total. The second kappa shape index (κ2) is 7.93. The van der Waals surface area contributed by atoms with Gasteiger partial charge in [-0.3, -0.25) is 4.79 Å². The molecule has 1 aliphatic carbocycles. The van der Waals surface area contributed by atoms with Crippen molar-refractivity contribution in [2.24, 2.45) is 4.99 Å². The maximum absolute atomic E-state index is 14.4. The van der Waals surface area contributed by atoms with Crippen molar-refractivity contribution in [2.75, 3.05) is 13.7 Å². The van der Waals surface area contributed by atoms with E-state index >= 15 is 0 Å². The number of aromatic nitrogens is 1. The van der Waals surface area contributed by atoms with Crippen LogP contribution in [0.2, 0.25) is 0 Å². The Bertz CT molecular complexity index is 1120. The number of hydrogen-bond acceptors (Lipinski definition) is 3. The predicted molar refractivity (Wildman–Crippen MR) is 105 cm³/mol. The van der Waals surface area contributed by atoms with Gasteiger partial charge in [0.15, 0.2) is 10.6 Å². The molecule has 2 aromatic carbocycles. The Hall–Kier alpha value is -2.38. The minimum Gasteiger partial charge on any atom is -0.383 e. The third-order valence-electron chi connectivity index (χ3n) is 5.01. The van der Waals surface area contributed by atoms with Crippen LogP contribution in [0.1, 0.15) is 34.3 Å². The molecule has 1 aromatic heterocycles. The fourth-order valence-corrected chi connectivity index (χ4v) is 4.72. The van der Waals surface area contributed by atoms with E-state index in [0.29, 0.717) is 28.2 Å². The molecule has 0 atom stereocenters. The minimum atomic E-state index is -0.676. The Balaban J connectivity index is 1.79. The summed E-state index contributed by atoms with van der Waals surface area (Å²) >= 11 is 1.09. The van der Waals surface area contributed by atoms with E-state index in [9.17, 15) is 13.6 Å². The van der Waals surface area contributed by atoms with Gasteiger partial charge in [0.2, 0.25) is 0 Å². The average Bonchev–Trinajstić information content (AvgIpc) is 3.02. The summed E-state index contributed by atoms with van der Waals surface area (Å²) in [7, 11) is 1.54. The van der Waals surface area contributed by atoms with Crippen LogP contribution in [0.4, 0.5) is 8.78 Å². The molecule has 4 rings (SSSR count). The number of rotatable bonds is 4. The highest BCUT2D eigenvalue weighted by Crippen LogP contribution is 2.24. The molecule has 1 aliphatic rings. The maximum Gasteiger partial charge on any atom is 0.279 e. The van der Waals surface area contributed by atoms with Crippen LogP contribution in [0, 0.1) is 11.6 Å². The highest BCUT2D eigenvalue weighted by Gasteiger charge is 2.16. The minimum absolute atomic E-state index is 0.237. The van der Waals surface area contributed by atoms with E-state index in [1.807, 2.05) is 12.1 Å². The number of hydrogen-bond donors (Lipinski definition) is 0. The van der Waals surface area contributed by atoms with Gasteiger partial charge in [-0.1, -0.05) is 17.4 Å². The summed E-state index contributed by atoms with van der Waals surface area (Å²) in [6.45, 7) is 0.637. The van der Waals surface area contributed by atoms with Gasteiger partial charge < -0.3 is 9.30 Å². The molecule has 7 heteroatoms. The van der Waals surface area contributed by atoms with Gasteiger partial charge in [0.25, 0.3) is 5.91 Å². The molecule has 3 aromatic rings. The smallest absolute Gasteiger partial charge is 0.279 e. The van der Waals surface area contributed by atoms with Crippen molar-refractivity contribution in [3.63, 3.8) is 0 Å². The van der Waals surface area contributed by atoms with Crippen molar-refractivity contribution in [2.45, 2.75) is 32.2 Å². The molecule has 4 nitrogen and oxygen atoms in total. The van der Waals surface area contributed by atoms with Crippen LogP contribution in [0.25, 0.3) is 10.2 Å². The van der Waals surface area contributed by atoms with Crippen LogP contribution in [0.5, 0.6) is 0 Å². The van der Waals surface area contributed by atoms with Gasteiger partial charge in [-0.25, -0.2) is 8.78 Å². The molecule has 0 unspecified atom stereocenters. The zero-order valence-corrected chi connectivity index (χ0v) is 16.3. The number of ether oxygens (including phenoxy) is 1. The molecule has 1 amide bonds. The number of carbonyl (C=O) groups excluding carboxylic acids is 1. The van der Waals surface area contributed by atoms with Crippen LogP contribution in [-0.4, -0.2) is 24.2 Å². The number of carbonyl (C=O) groups is 1. The molecule has 28 heavy (non-hydrogen) atoms. The lowest BCUT2D eigenvalue weighted by molar-refractivity contribution is 0.0997. The SMILES string of the molecule is COCCn1c(=NC(=O)c2ccc3c(c2)CCCC3)sc2cc(F)cc(F)c21. The van der Waals surface area contributed by atoms with Gasteiger partial charge in [-0.05, 0) is 55.0 Å². The zero-order valence-electron chi connectivity index (χ0n) is 15.5. The fourth-order valence-electron chi connectivity index (χ4n) is 3.62. The van der Waals surface area contributed by atoms with E-state index in [2.05, 4.69) is 4.99 Å². The topological polar surface area (TPSA) is 43.6 Å². The first-order valence-corrected chi connectivity index (χ1v) is 10.1. The normalized spacial score (nSPS) is 14.5. The van der Waals surface area contributed by atoms with Gasteiger partial charge in [0, 0.05) is 25.3 Å². The summed E-state index contributed by atoms with van der Waals surface area (Å²) in [4.78, 5) is 17.4. The van der Waals surface area contributed by atoms with E-state index in [1.165, 1.54) is 23.6 Å². The van der Waals surface area contributed by atoms with Crippen molar-refractivity contribution in [3.8, 4) is 0 Å².